The van der Waals surface area contributed by atoms with E-state index in [0.29, 0.717) is 29.7 Å². The van der Waals surface area contributed by atoms with E-state index in [4.69, 9.17) is 9.47 Å². The van der Waals surface area contributed by atoms with Crippen molar-refractivity contribution in [1.29, 1.82) is 0 Å². The number of nitrogens with zero attached hydrogens (tertiary/aromatic N) is 2. The topological polar surface area (TPSA) is 90.4 Å². The monoisotopic (exact) mass is 489 g/mol. The van der Waals surface area contributed by atoms with Crippen molar-refractivity contribution in [2.45, 2.75) is 25.2 Å². The summed E-state index contributed by atoms with van der Waals surface area (Å²) >= 11 is 0. The van der Waals surface area contributed by atoms with Crippen LogP contribution in [0.2, 0.25) is 0 Å². The molecule has 7 nitrogen and oxygen atoms in total. The summed E-state index contributed by atoms with van der Waals surface area (Å²) in [6, 6.07) is 26.4. The first kappa shape index (κ1) is 24.2. The number of aromatic nitrogens is 2. The molecule has 0 fully saturated rings. The van der Waals surface area contributed by atoms with E-state index in [1.807, 2.05) is 42.5 Å². The minimum Gasteiger partial charge on any atom is -0.494 e. The van der Waals surface area contributed by atoms with Gasteiger partial charge in [0.05, 0.1) is 17.2 Å². The summed E-state index contributed by atoms with van der Waals surface area (Å²) in [5.74, 6) is 1.93. The molecule has 0 saturated heterocycles. The van der Waals surface area contributed by atoms with Crippen molar-refractivity contribution >= 4 is 16.0 Å². The van der Waals surface area contributed by atoms with Crippen LogP contribution in [0, 0.1) is 5.92 Å². The van der Waals surface area contributed by atoms with Gasteiger partial charge in [-0.25, -0.2) is 18.1 Å². The standard InChI is InChI=1S/C27H27N3O4S/c1-20(2)16-17-33-23-13-9-10-21(18-23)25-19-26(34-22-11-5-3-6-12-22)29-27(28-25)30-35(31,32)24-14-7-4-8-15-24/h3-15,18-20H,16-17H2,1-2H3,(H,28,29,30). The number of nitrogens with one attached hydrogen (secondary N) is 1. The lowest BCUT2D eigenvalue weighted by molar-refractivity contribution is 0.289. The molecule has 8 heteroatoms. The molecule has 0 amide bonds. The molecular weight excluding hydrogens is 462 g/mol. The van der Waals surface area contributed by atoms with Crippen LogP contribution in [0.3, 0.4) is 0 Å². The number of rotatable bonds is 10. The highest BCUT2D eigenvalue weighted by Crippen LogP contribution is 2.29. The van der Waals surface area contributed by atoms with Gasteiger partial charge in [-0.05, 0) is 48.7 Å². The Bertz CT molecular complexity index is 1360. The first-order valence-corrected chi connectivity index (χ1v) is 12.8. The Labute approximate surface area is 205 Å². The predicted molar refractivity (Wildman–Crippen MR) is 136 cm³/mol. The molecule has 3 aromatic carbocycles. The zero-order chi connectivity index (χ0) is 24.7. The van der Waals surface area contributed by atoms with Crippen LogP contribution in [-0.4, -0.2) is 25.0 Å². The van der Waals surface area contributed by atoms with E-state index < -0.39 is 10.0 Å². The van der Waals surface area contributed by atoms with Crippen LogP contribution in [0.5, 0.6) is 17.4 Å². The second-order valence-electron chi connectivity index (χ2n) is 8.31. The molecule has 4 aromatic rings. The predicted octanol–water partition coefficient (Wildman–Crippen LogP) is 6.16. The SMILES string of the molecule is CC(C)CCOc1cccc(-c2cc(Oc3ccccc3)nc(NS(=O)(=O)c3ccccc3)n2)c1. The Kier molecular flexibility index (Phi) is 7.62. The first-order chi connectivity index (χ1) is 16.9. The summed E-state index contributed by atoms with van der Waals surface area (Å²) in [5, 5.41) is 0. The van der Waals surface area contributed by atoms with Gasteiger partial charge in [0.1, 0.15) is 11.5 Å². The van der Waals surface area contributed by atoms with Crippen molar-refractivity contribution in [3.63, 3.8) is 0 Å². The van der Waals surface area contributed by atoms with Crippen LogP contribution in [-0.2, 0) is 10.0 Å². The summed E-state index contributed by atoms with van der Waals surface area (Å²) in [6.07, 6.45) is 0.943. The Balaban J connectivity index is 1.68. The van der Waals surface area contributed by atoms with Gasteiger partial charge in [0.25, 0.3) is 10.0 Å². The minimum atomic E-state index is -3.89. The lowest BCUT2D eigenvalue weighted by atomic mass is 10.1. The maximum absolute atomic E-state index is 12.9. The summed E-state index contributed by atoms with van der Waals surface area (Å²) in [7, 11) is -3.89. The van der Waals surface area contributed by atoms with Gasteiger partial charge in [0, 0.05) is 11.6 Å². The van der Waals surface area contributed by atoms with Crippen molar-refractivity contribution in [1.82, 2.24) is 9.97 Å². The quantitative estimate of drug-likeness (QED) is 0.287. The van der Waals surface area contributed by atoms with E-state index in [1.54, 1.807) is 36.4 Å². The van der Waals surface area contributed by atoms with Gasteiger partial charge in [0.15, 0.2) is 0 Å². The fourth-order valence-electron chi connectivity index (χ4n) is 3.22. The normalized spacial score (nSPS) is 11.3. The molecule has 4 rings (SSSR count). The minimum absolute atomic E-state index is 0.0941. The number of benzene rings is 3. The molecule has 0 aliphatic rings. The molecule has 1 N–H and O–H groups in total. The summed E-state index contributed by atoms with van der Waals surface area (Å²) < 4.78 is 40.1. The van der Waals surface area contributed by atoms with Gasteiger partial charge in [-0.1, -0.05) is 62.4 Å². The van der Waals surface area contributed by atoms with E-state index in [-0.39, 0.29) is 16.7 Å². The first-order valence-electron chi connectivity index (χ1n) is 11.3. The average Bonchev–Trinajstić information content (AvgIpc) is 2.85. The van der Waals surface area contributed by atoms with Crippen LogP contribution in [0.1, 0.15) is 20.3 Å². The van der Waals surface area contributed by atoms with E-state index in [2.05, 4.69) is 28.5 Å². The Morgan fingerprint density at radius 2 is 1.51 bits per heavy atom. The zero-order valence-corrected chi connectivity index (χ0v) is 20.4. The largest absolute Gasteiger partial charge is 0.494 e. The van der Waals surface area contributed by atoms with Crippen molar-refractivity contribution in [3.05, 3.63) is 91.0 Å². The third-order valence-corrected chi connectivity index (χ3v) is 6.39. The molecule has 0 aliphatic heterocycles. The molecule has 0 bridgehead atoms. The lowest BCUT2D eigenvalue weighted by Gasteiger charge is -2.12. The van der Waals surface area contributed by atoms with E-state index >= 15 is 0 Å². The molecule has 0 saturated carbocycles. The molecule has 0 spiro atoms. The lowest BCUT2D eigenvalue weighted by Crippen LogP contribution is -2.15. The van der Waals surface area contributed by atoms with Gasteiger partial charge < -0.3 is 9.47 Å². The third kappa shape index (κ3) is 6.80. The average molecular weight is 490 g/mol. The second-order valence-corrected chi connectivity index (χ2v) is 9.99. The highest BCUT2D eigenvalue weighted by Gasteiger charge is 2.18. The Morgan fingerprint density at radius 3 is 2.23 bits per heavy atom. The molecular formula is C27H27N3O4S. The molecule has 0 unspecified atom stereocenters. The van der Waals surface area contributed by atoms with Crippen LogP contribution in [0.25, 0.3) is 11.3 Å². The number of ether oxygens (including phenoxy) is 2. The second kappa shape index (κ2) is 11.0. The van der Waals surface area contributed by atoms with Gasteiger partial charge >= 0.3 is 0 Å². The van der Waals surface area contributed by atoms with Crippen molar-refractivity contribution in [3.8, 4) is 28.6 Å². The number of hydrogen-bond acceptors (Lipinski definition) is 6. The van der Waals surface area contributed by atoms with E-state index in [9.17, 15) is 8.42 Å². The Morgan fingerprint density at radius 1 is 0.829 bits per heavy atom. The summed E-state index contributed by atoms with van der Waals surface area (Å²) in [6.45, 7) is 4.90. The fourth-order valence-corrected chi connectivity index (χ4v) is 4.18. The van der Waals surface area contributed by atoms with E-state index in [1.165, 1.54) is 12.1 Å². The summed E-state index contributed by atoms with van der Waals surface area (Å²) in [4.78, 5) is 8.88. The van der Waals surface area contributed by atoms with Gasteiger partial charge in [0.2, 0.25) is 11.8 Å². The maximum atomic E-state index is 12.9. The van der Waals surface area contributed by atoms with Crippen molar-refractivity contribution < 1.29 is 17.9 Å². The molecule has 1 aromatic heterocycles. The molecule has 1 heterocycles. The molecule has 35 heavy (non-hydrogen) atoms. The number of para-hydroxylation sites is 1. The number of sulfonamides is 1. The van der Waals surface area contributed by atoms with Crippen LogP contribution in [0.4, 0.5) is 5.95 Å². The van der Waals surface area contributed by atoms with Crippen molar-refractivity contribution in [2.75, 3.05) is 11.3 Å². The number of hydrogen-bond donors (Lipinski definition) is 1. The summed E-state index contributed by atoms with van der Waals surface area (Å²) in [5.41, 5.74) is 1.23. The van der Waals surface area contributed by atoms with Crippen LogP contribution >= 0.6 is 0 Å². The zero-order valence-electron chi connectivity index (χ0n) is 19.6. The highest BCUT2D eigenvalue weighted by atomic mass is 32.2. The smallest absolute Gasteiger partial charge is 0.264 e. The van der Waals surface area contributed by atoms with Crippen LogP contribution in [0.15, 0.2) is 95.9 Å². The van der Waals surface area contributed by atoms with Crippen molar-refractivity contribution in [2.24, 2.45) is 5.92 Å². The number of anilines is 1. The third-order valence-electron chi connectivity index (χ3n) is 5.04. The van der Waals surface area contributed by atoms with Gasteiger partial charge in [-0.15, -0.1) is 0 Å². The molecule has 0 radical (unpaired) electrons. The highest BCUT2D eigenvalue weighted by molar-refractivity contribution is 7.92. The Hall–Kier alpha value is -3.91. The molecule has 180 valence electrons. The van der Waals surface area contributed by atoms with Gasteiger partial charge in [-0.3, -0.25) is 0 Å². The maximum Gasteiger partial charge on any atom is 0.264 e. The van der Waals surface area contributed by atoms with E-state index in [0.717, 1.165) is 12.0 Å². The molecule has 0 atom stereocenters. The van der Waals surface area contributed by atoms with Gasteiger partial charge in [-0.2, -0.15) is 4.98 Å². The molecule has 0 aliphatic carbocycles. The fraction of sp³-hybridized carbons (Fsp3) is 0.185. The van der Waals surface area contributed by atoms with Crippen LogP contribution < -0.4 is 14.2 Å².